The first-order valence-electron chi connectivity index (χ1n) is 3.60. The van der Waals surface area contributed by atoms with E-state index in [0.29, 0.717) is 0 Å². The van der Waals surface area contributed by atoms with Crippen molar-refractivity contribution in [3.8, 4) is 0 Å². The molecular formula is C7H12O4. The minimum Gasteiger partial charge on any atom is -0.460 e. The largest absolute Gasteiger partial charge is 0.460 e. The van der Waals surface area contributed by atoms with Gasteiger partial charge >= 0.3 is 5.97 Å². The van der Waals surface area contributed by atoms with Gasteiger partial charge in [-0.3, -0.25) is 4.79 Å². The average Bonchev–Trinajstić information content (AvgIpc) is 1.97. The molecule has 0 saturated carbocycles. The van der Waals surface area contributed by atoms with E-state index in [4.69, 9.17) is 4.74 Å². The number of carbonyl (C=O) groups excluding carboxylic acids is 1. The Morgan fingerprint density at radius 3 is 2.36 bits per heavy atom. The van der Waals surface area contributed by atoms with Crippen molar-refractivity contribution in [1.82, 2.24) is 0 Å². The molecule has 4 heteroatoms. The van der Waals surface area contributed by atoms with Crippen LogP contribution in [0, 0.1) is 5.92 Å². The quantitative estimate of drug-likeness (QED) is 0.459. The van der Waals surface area contributed by atoms with Crippen LogP contribution in [0.2, 0.25) is 0 Å². The fourth-order valence-corrected chi connectivity index (χ4v) is 1.07. The molecule has 0 spiro atoms. The van der Waals surface area contributed by atoms with Crippen molar-refractivity contribution < 1.29 is 19.7 Å². The fourth-order valence-electron chi connectivity index (χ4n) is 1.07. The number of esters is 1. The van der Waals surface area contributed by atoms with Crippen molar-refractivity contribution in [1.29, 1.82) is 0 Å². The third kappa shape index (κ3) is 1.36. The molecule has 11 heavy (non-hydrogen) atoms. The number of carbonyl (C=O) groups is 1. The van der Waals surface area contributed by atoms with Crippen LogP contribution in [0.5, 0.6) is 0 Å². The summed E-state index contributed by atoms with van der Waals surface area (Å²) in [6.07, 6.45) is -2.55. The average molecular weight is 160 g/mol. The zero-order valence-corrected chi connectivity index (χ0v) is 6.52. The standard InChI is InChI=1S/C7H12O4/c1-3-5(8)6(9)4(2)11-7(3)10/h3-6,8-9H,1-2H3. The van der Waals surface area contributed by atoms with Gasteiger partial charge in [0.05, 0.1) is 12.0 Å². The predicted molar refractivity (Wildman–Crippen MR) is 36.7 cm³/mol. The van der Waals surface area contributed by atoms with Crippen LogP contribution in [0.25, 0.3) is 0 Å². The van der Waals surface area contributed by atoms with Gasteiger partial charge in [0, 0.05) is 0 Å². The van der Waals surface area contributed by atoms with E-state index in [2.05, 4.69) is 0 Å². The van der Waals surface area contributed by atoms with Gasteiger partial charge in [-0.25, -0.2) is 0 Å². The smallest absolute Gasteiger partial charge is 0.311 e. The van der Waals surface area contributed by atoms with E-state index in [1.54, 1.807) is 6.92 Å². The number of cyclic esters (lactones) is 1. The molecule has 2 N–H and O–H groups in total. The minimum absolute atomic E-state index is 0.449. The van der Waals surface area contributed by atoms with Gasteiger partial charge in [0.15, 0.2) is 0 Å². The van der Waals surface area contributed by atoms with Crippen LogP contribution < -0.4 is 0 Å². The molecule has 1 rings (SSSR count). The van der Waals surface area contributed by atoms with Crippen molar-refractivity contribution in [2.24, 2.45) is 5.92 Å². The zero-order valence-electron chi connectivity index (χ0n) is 6.52. The molecule has 0 bridgehead atoms. The van der Waals surface area contributed by atoms with Crippen LogP contribution in [0.1, 0.15) is 13.8 Å². The van der Waals surface area contributed by atoms with Crippen molar-refractivity contribution >= 4 is 5.97 Å². The molecule has 1 aliphatic rings. The molecule has 4 atom stereocenters. The molecular weight excluding hydrogens is 148 g/mol. The molecule has 0 amide bonds. The minimum atomic E-state index is -0.994. The summed E-state index contributed by atoms with van der Waals surface area (Å²) in [4.78, 5) is 10.9. The van der Waals surface area contributed by atoms with Crippen molar-refractivity contribution in [3.63, 3.8) is 0 Å². The number of aliphatic hydroxyl groups excluding tert-OH is 2. The van der Waals surface area contributed by atoms with Crippen LogP contribution in [0.3, 0.4) is 0 Å². The van der Waals surface area contributed by atoms with E-state index in [9.17, 15) is 15.0 Å². The Labute approximate surface area is 64.8 Å². The topological polar surface area (TPSA) is 66.8 Å². The monoisotopic (exact) mass is 160 g/mol. The van der Waals surface area contributed by atoms with Gasteiger partial charge in [0.25, 0.3) is 0 Å². The summed E-state index contributed by atoms with van der Waals surface area (Å²) in [6.45, 7) is 3.08. The Morgan fingerprint density at radius 2 is 1.82 bits per heavy atom. The van der Waals surface area contributed by atoms with E-state index in [1.165, 1.54) is 6.92 Å². The van der Waals surface area contributed by atoms with Crippen LogP contribution >= 0.6 is 0 Å². The molecule has 64 valence electrons. The third-order valence-corrected chi connectivity index (χ3v) is 2.02. The lowest BCUT2D eigenvalue weighted by Gasteiger charge is -2.32. The fraction of sp³-hybridized carbons (Fsp3) is 0.857. The Balaban J connectivity index is 2.70. The third-order valence-electron chi connectivity index (χ3n) is 2.02. The maximum Gasteiger partial charge on any atom is 0.311 e. The van der Waals surface area contributed by atoms with Gasteiger partial charge in [0.2, 0.25) is 0 Å². The van der Waals surface area contributed by atoms with Gasteiger partial charge < -0.3 is 14.9 Å². The highest BCUT2D eigenvalue weighted by Gasteiger charge is 2.39. The lowest BCUT2D eigenvalue weighted by molar-refractivity contribution is -0.186. The summed E-state index contributed by atoms with van der Waals surface area (Å²) in [6, 6.07) is 0. The molecule has 4 nitrogen and oxygen atoms in total. The van der Waals surface area contributed by atoms with Crippen molar-refractivity contribution in [2.75, 3.05) is 0 Å². The number of hydrogen-bond acceptors (Lipinski definition) is 4. The number of rotatable bonds is 0. The highest BCUT2D eigenvalue weighted by molar-refractivity contribution is 5.73. The molecule has 0 radical (unpaired) electrons. The normalized spacial score (nSPS) is 45.3. The molecule has 0 aliphatic carbocycles. The summed E-state index contributed by atoms with van der Waals surface area (Å²) < 4.78 is 4.73. The van der Waals surface area contributed by atoms with Gasteiger partial charge in [-0.2, -0.15) is 0 Å². The van der Waals surface area contributed by atoms with Gasteiger partial charge in [-0.1, -0.05) is 0 Å². The predicted octanol–water partition coefficient (Wildman–Crippen LogP) is -0.710. The first kappa shape index (κ1) is 8.49. The summed E-state index contributed by atoms with van der Waals surface area (Å²) in [7, 11) is 0. The molecule has 0 aromatic carbocycles. The zero-order chi connectivity index (χ0) is 8.59. The summed E-state index contributed by atoms with van der Waals surface area (Å²) in [5.74, 6) is -1.07. The maximum atomic E-state index is 10.9. The highest BCUT2D eigenvalue weighted by atomic mass is 16.6. The van der Waals surface area contributed by atoms with E-state index in [-0.39, 0.29) is 0 Å². The van der Waals surface area contributed by atoms with Gasteiger partial charge in [-0.15, -0.1) is 0 Å². The van der Waals surface area contributed by atoms with Crippen molar-refractivity contribution in [3.05, 3.63) is 0 Å². The molecule has 1 saturated heterocycles. The van der Waals surface area contributed by atoms with Gasteiger partial charge in [-0.05, 0) is 13.8 Å². The molecule has 0 aromatic heterocycles. The summed E-state index contributed by atoms with van der Waals surface area (Å²) in [5, 5.41) is 18.4. The van der Waals surface area contributed by atoms with Crippen LogP contribution in [0.4, 0.5) is 0 Å². The molecule has 1 fully saturated rings. The Kier molecular flexibility index (Phi) is 2.15. The number of aliphatic hydroxyl groups is 2. The number of ether oxygens (including phenoxy) is 1. The van der Waals surface area contributed by atoms with Gasteiger partial charge in [0.1, 0.15) is 12.2 Å². The Bertz CT molecular complexity index is 168. The SMILES string of the molecule is CC1OC(=O)C(C)C(O)C1O. The van der Waals surface area contributed by atoms with Crippen LogP contribution in [0.15, 0.2) is 0 Å². The van der Waals surface area contributed by atoms with E-state index >= 15 is 0 Å². The number of hydrogen-bond donors (Lipinski definition) is 2. The maximum absolute atomic E-state index is 10.9. The van der Waals surface area contributed by atoms with E-state index in [0.717, 1.165) is 0 Å². The lowest BCUT2D eigenvalue weighted by atomic mass is 9.94. The van der Waals surface area contributed by atoms with Crippen LogP contribution in [-0.4, -0.2) is 34.5 Å². The second-order valence-electron chi connectivity index (χ2n) is 2.91. The molecule has 1 heterocycles. The Morgan fingerprint density at radius 1 is 1.27 bits per heavy atom. The second kappa shape index (κ2) is 2.79. The first-order chi connectivity index (χ1) is 5.04. The molecule has 4 unspecified atom stereocenters. The summed E-state index contributed by atoms with van der Waals surface area (Å²) in [5.41, 5.74) is 0. The van der Waals surface area contributed by atoms with Crippen LogP contribution in [-0.2, 0) is 9.53 Å². The van der Waals surface area contributed by atoms with Crippen molar-refractivity contribution in [2.45, 2.75) is 32.2 Å². The highest BCUT2D eigenvalue weighted by Crippen LogP contribution is 2.20. The second-order valence-corrected chi connectivity index (χ2v) is 2.91. The van der Waals surface area contributed by atoms with E-state index in [1.807, 2.05) is 0 Å². The molecule has 1 aliphatic heterocycles. The lowest BCUT2D eigenvalue weighted by Crippen LogP contribution is -2.50. The summed E-state index contributed by atoms with van der Waals surface area (Å²) >= 11 is 0. The van der Waals surface area contributed by atoms with E-state index < -0.39 is 30.2 Å². The first-order valence-corrected chi connectivity index (χ1v) is 3.60. The Hall–Kier alpha value is -0.610. The molecule has 0 aromatic rings.